The van der Waals surface area contributed by atoms with Crippen LogP contribution in [0.15, 0.2) is 35.5 Å². The van der Waals surface area contributed by atoms with Crippen molar-refractivity contribution in [3.63, 3.8) is 0 Å². The van der Waals surface area contributed by atoms with E-state index in [4.69, 9.17) is 23.1 Å². The van der Waals surface area contributed by atoms with Crippen molar-refractivity contribution in [2.75, 3.05) is 17.2 Å². The lowest BCUT2D eigenvalue weighted by Gasteiger charge is -2.17. The lowest BCUT2D eigenvalue weighted by Crippen LogP contribution is -2.29. The molecular formula is C15H18ClN5OS. The van der Waals surface area contributed by atoms with Crippen LogP contribution < -0.4 is 16.8 Å². The van der Waals surface area contributed by atoms with Crippen molar-refractivity contribution in [3.05, 3.63) is 40.9 Å². The van der Waals surface area contributed by atoms with Crippen LogP contribution in [0.25, 0.3) is 0 Å². The highest BCUT2D eigenvalue weighted by Crippen LogP contribution is 2.20. The molecule has 1 aromatic heterocycles. The molecule has 2 aromatic rings. The zero-order valence-corrected chi connectivity index (χ0v) is 14.2. The van der Waals surface area contributed by atoms with Gasteiger partial charge in [-0.05, 0) is 24.1 Å². The molecule has 6 nitrogen and oxygen atoms in total. The summed E-state index contributed by atoms with van der Waals surface area (Å²) in [7, 11) is 0. The van der Waals surface area contributed by atoms with E-state index in [9.17, 15) is 4.79 Å². The fourth-order valence-corrected chi connectivity index (χ4v) is 2.82. The van der Waals surface area contributed by atoms with Crippen LogP contribution in [0.4, 0.5) is 11.6 Å². The van der Waals surface area contributed by atoms with E-state index in [1.807, 2.05) is 31.2 Å². The molecule has 0 unspecified atom stereocenters. The molecule has 2 rings (SSSR count). The number of nitrogens with zero attached hydrogens (tertiary/aromatic N) is 2. The second-order valence-corrected chi connectivity index (χ2v) is 6.25. The lowest BCUT2D eigenvalue weighted by atomic mass is 10.0. The fraction of sp³-hybridized carbons (Fsp3) is 0.267. The van der Waals surface area contributed by atoms with E-state index in [-0.39, 0.29) is 29.3 Å². The average Bonchev–Trinajstić information content (AvgIpc) is 2.51. The number of rotatable bonds is 6. The van der Waals surface area contributed by atoms with Gasteiger partial charge in [-0.2, -0.15) is 0 Å². The quantitative estimate of drug-likeness (QED) is 0.545. The molecule has 0 radical (unpaired) electrons. The number of thioether (sulfide) groups is 1. The molecule has 8 heteroatoms. The predicted octanol–water partition coefficient (Wildman–Crippen LogP) is 2.65. The van der Waals surface area contributed by atoms with Crippen molar-refractivity contribution in [3.8, 4) is 0 Å². The molecule has 0 bridgehead atoms. The number of nitrogens with one attached hydrogen (secondary N) is 1. The van der Waals surface area contributed by atoms with E-state index in [1.54, 1.807) is 0 Å². The van der Waals surface area contributed by atoms with Crippen molar-refractivity contribution in [2.24, 2.45) is 0 Å². The van der Waals surface area contributed by atoms with E-state index < -0.39 is 0 Å². The monoisotopic (exact) mass is 351 g/mol. The third-order valence-corrected chi connectivity index (χ3v) is 4.19. The number of aromatic nitrogens is 2. The molecule has 0 saturated heterocycles. The Morgan fingerprint density at radius 2 is 1.87 bits per heavy atom. The molecule has 122 valence electrons. The third kappa shape index (κ3) is 5.30. The number of amides is 1. The summed E-state index contributed by atoms with van der Waals surface area (Å²) in [6.07, 6.45) is 0.778. The number of hydrogen-bond acceptors (Lipinski definition) is 6. The second-order valence-electron chi connectivity index (χ2n) is 4.87. The lowest BCUT2D eigenvalue weighted by molar-refractivity contribution is -0.119. The average molecular weight is 352 g/mol. The molecule has 0 aliphatic heterocycles. The van der Waals surface area contributed by atoms with Gasteiger partial charge in [-0.25, -0.2) is 9.97 Å². The van der Waals surface area contributed by atoms with Gasteiger partial charge in [0, 0.05) is 11.1 Å². The molecule has 0 aliphatic rings. The number of nitrogens with two attached hydrogens (primary N) is 2. The minimum Gasteiger partial charge on any atom is -0.383 e. The summed E-state index contributed by atoms with van der Waals surface area (Å²) in [5.41, 5.74) is 12.2. The molecule has 1 atom stereocenters. The van der Waals surface area contributed by atoms with Crippen LogP contribution in [-0.2, 0) is 4.79 Å². The maximum Gasteiger partial charge on any atom is 0.230 e. The van der Waals surface area contributed by atoms with Crippen molar-refractivity contribution in [1.82, 2.24) is 15.3 Å². The van der Waals surface area contributed by atoms with E-state index in [1.165, 1.54) is 17.8 Å². The van der Waals surface area contributed by atoms with Crippen LogP contribution >= 0.6 is 23.4 Å². The minimum atomic E-state index is -0.110. The first-order valence-corrected chi connectivity index (χ1v) is 8.42. The summed E-state index contributed by atoms with van der Waals surface area (Å²) in [6, 6.07) is 8.84. The van der Waals surface area contributed by atoms with E-state index in [2.05, 4.69) is 15.3 Å². The first-order chi connectivity index (χ1) is 11.0. The Bertz CT molecular complexity index is 660. The van der Waals surface area contributed by atoms with E-state index in [0.29, 0.717) is 10.2 Å². The molecule has 5 N–H and O–H groups in total. The van der Waals surface area contributed by atoms with Crippen LogP contribution in [0.5, 0.6) is 0 Å². The minimum absolute atomic E-state index is 0.0628. The van der Waals surface area contributed by atoms with Crippen LogP contribution in [-0.4, -0.2) is 21.6 Å². The van der Waals surface area contributed by atoms with Gasteiger partial charge in [-0.3, -0.25) is 4.79 Å². The van der Waals surface area contributed by atoms with Gasteiger partial charge in [-0.1, -0.05) is 42.4 Å². The summed E-state index contributed by atoms with van der Waals surface area (Å²) >= 11 is 7.07. The first kappa shape index (κ1) is 17.4. The van der Waals surface area contributed by atoms with Gasteiger partial charge in [0.2, 0.25) is 5.91 Å². The van der Waals surface area contributed by atoms with Crippen LogP contribution in [0, 0.1) is 0 Å². The highest BCUT2D eigenvalue weighted by Gasteiger charge is 2.13. The zero-order chi connectivity index (χ0) is 16.8. The predicted molar refractivity (Wildman–Crippen MR) is 94.2 cm³/mol. The second kappa shape index (κ2) is 8.03. The topological polar surface area (TPSA) is 107 Å². The summed E-state index contributed by atoms with van der Waals surface area (Å²) in [5, 5.41) is 4.04. The van der Waals surface area contributed by atoms with Gasteiger partial charge in [-0.15, -0.1) is 0 Å². The van der Waals surface area contributed by atoms with Gasteiger partial charge in [0.1, 0.15) is 11.6 Å². The number of hydrogen-bond donors (Lipinski definition) is 3. The Morgan fingerprint density at radius 3 is 2.43 bits per heavy atom. The van der Waals surface area contributed by atoms with Gasteiger partial charge in [0.25, 0.3) is 0 Å². The van der Waals surface area contributed by atoms with Crippen molar-refractivity contribution < 1.29 is 4.79 Å². The Labute approximate surface area is 144 Å². The van der Waals surface area contributed by atoms with E-state index in [0.717, 1.165) is 12.0 Å². The molecule has 23 heavy (non-hydrogen) atoms. The van der Waals surface area contributed by atoms with Gasteiger partial charge in [0.15, 0.2) is 5.16 Å². The van der Waals surface area contributed by atoms with Crippen molar-refractivity contribution in [1.29, 1.82) is 0 Å². The Kier molecular flexibility index (Phi) is 6.06. The van der Waals surface area contributed by atoms with Crippen molar-refractivity contribution >= 4 is 40.9 Å². The van der Waals surface area contributed by atoms with Gasteiger partial charge >= 0.3 is 0 Å². The summed E-state index contributed by atoms with van der Waals surface area (Å²) < 4.78 is 0. The number of anilines is 2. The Balaban J connectivity index is 1.93. The molecular weight excluding hydrogens is 334 g/mol. The van der Waals surface area contributed by atoms with Crippen LogP contribution in [0.3, 0.4) is 0 Å². The Morgan fingerprint density at radius 1 is 1.26 bits per heavy atom. The molecule has 1 amide bonds. The van der Waals surface area contributed by atoms with Crippen molar-refractivity contribution in [2.45, 2.75) is 24.5 Å². The van der Waals surface area contributed by atoms with E-state index >= 15 is 0 Å². The normalized spacial score (nSPS) is 11.9. The maximum absolute atomic E-state index is 12.1. The molecule has 1 heterocycles. The smallest absolute Gasteiger partial charge is 0.230 e. The fourth-order valence-electron chi connectivity index (χ4n) is 2.01. The molecule has 0 spiro atoms. The summed E-state index contributed by atoms with van der Waals surface area (Å²) in [4.78, 5) is 20.2. The first-order valence-electron chi connectivity index (χ1n) is 7.05. The number of carbonyl (C=O) groups is 1. The largest absolute Gasteiger partial charge is 0.383 e. The summed E-state index contributed by atoms with van der Waals surface area (Å²) in [6.45, 7) is 2.01. The highest BCUT2D eigenvalue weighted by molar-refractivity contribution is 7.99. The molecule has 0 aliphatic carbocycles. The standard InChI is InChI=1S/C15H18ClN5OS/c1-2-11(9-3-5-10(16)6-4-9)19-14(22)8-23-15-20-12(17)7-13(18)21-15/h3-7,11H,2,8H2,1H3,(H,19,22)(H4,17,18,20,21)/t11-/m1/s1. The highest BCUT2D eigenvalue weighted by atomic mass is 35.5. The van der Waals surface area contributed by atoms with Gasteiger partial charge < -0.3 is 16.8 Å². The number of carbonyl (C=O) groups excluding carboxylic acids is 1. The Hall–Kier alpha value is -1.99. The SMILES string of the molecule is CC[C@@H](NC(=O)CSc1nc(N)cc(N)n1)c1ccc(Cl)cc1. The number of nitrogen functional groups attached to an aromatic ring is 2. The number of halogens is 1. The third-order valence-electron chi connectivity index (χ3n) is 3.09. The van der Waals surface area contributed by atoms with Crippen LogP contribution in [0.1, 0.15) is 24.9 Å². The van der Waals surface area contributed by atoms with Gasteiger partial charge in [0.05, 0.1) is 11.8 Å². The molecule has 0 saturated carbocycles. The maximum atomic E-state index is 12.1. The molecule has 0 fully saturated rings. The van der Waals surface area contributed by atoms with Crippen LogP contribution in [0.2, 0.25) is 5.02 Å². The number of benzene rings is 1. The molecule has 1 aromatic carbocycles. The summed E-state index contributed by atoms with van der Waals surface area (Å²) in [5.74, 6) is 0.648. The zero-order valence-electron chi connectivity index (χ0n) is 12.6.